The molecule has 0 aliphatic carbocycles. The SMILES string of the molecule is Cc1ccc(NC(=O)N[C@H]2CCCN(Cc3cccnc3)C2)cc1C(C)C. The zero-order valence-electron chi connectivity index (χ0n) is 16.5. The Hall–Kier alpha value is -2.40. The maximum Gasteiger partial charge on any atom is 0.319 e. The second-order valence-corrected chi connectivity index (χ2v) is 7.76. The van der Waals surface area contributed by atoms with Crippen LogP contribution in [0.2, 0.25) is 0 Å². The monoisotopic (exact) mass is 366 g/mol. The van der Waals surface area contributed by atoms with Gasteiger partial charge in [-0.1, -0.05) is 26.0 Å². The van der Waals surface area contributed by atoms with E-state index >= 15 is 0 Å². The highest BCUT2D eigenvalue weighted by molar-refractivity contribution is 5.89. The van der Waals surface area contributed by atoms with Gasteiger partial charge in [-0.3, -0.25) is 9.88 Å². The molecule has 2 amide bonds. The summed E-state index contributed by atoms with van der Waals surface area (Å²) in [6.07, 6.45) is 5.81. The van der Waals surface area contributed by atoms with E-state index in [-0.39, 0.29) is 12.1 Å². The molecule has 1 aromatic carbocycles. The van der Waals surface area contributed by atoms with Crippen molar-refractivity contribution < 1.29 is 4.79 Å². The Kier molecular flexibility index (Phi) is 6.45. The molecule has 1 fully saturated rings. The zero-order valence-corrected chi connectivity index (χ0v) is 16.5. The molecular weight excluding hydrogens is 336 g/mol. The molecule has 0 radical (unpaired) electrons. The highest BCUT2D eigenvalue weighted by atomic mass is 16.2. The first kappa shape index (κ1) is 19.4. The summed E-state index contributed by atoms with van der Waals surface area (Å²) in [5.74, 6) is 0.439. The summed E-state index contributed by atoms with van der Waals surface area (Å²) >= 11 is 0. The number of hydrogen-bond donors (Lipinski definition) is 2. The molecule has 0 bridgehead atoms. The van der Waals surface area contributed by atoms with E-state index in [0.29, 0.717) is 5.92 Å². The molecular formula is C22H30N4O. The Morgan fingerprint density at radius 1 is 1.33 bits per heavy atom. The number of aryl methyl sites for hydroxylation is 1. The number of likely N-dealkylation sites (tertiary alicyclic amines) is 1. The van der Waals surface area contributed by atoms with Gasteiger partial charge in [0.2, 0.25) is 0 Å². The summed E-state index contributed by atoms with van der Waals surface area (Å²) in [7, 11) is 0. The third-order valence-corrected chi connectivity index (χ3v) is 5.13. The van der Waals surface area contributed by atoms with E-state index in [2.05, 4.69) is 59.5 Å². The molecule has 1 aromatic heterocycles. The molecule has 2 aromatic rings. The Balaban J connectivity index is 1.54. The maximum absolute atomic E-state index is 12.5. The van der Waals surface area contributed by atoms with E-state index in [9.17, 15) is 4.79 Å². The normalized spacial score (nSPS) is 17.7. The Labute approximate surface area is 162 Å². The van der Waals surface area contributed by atoms with Gasteiger partial charge in [-0.25, -0.2) is 4.79 Å². The summed E-state index contributed by atoms with van der Waals surface area (Å²) < 4.78 is 0. The summed E-state index contributed by atoms with van der Waals surface area (Å²) in [5.41, 5.74) is 4.59. The van der Waals surface area contributed by atoms with E-state index in [0.717, 1.165) is 38.2 Å². The van der Waals surface area contributed by atoms with Crippen molar-refractivity contribution in [2.75, 3.05) is 18.4 Å². The number of benzene rings is 1. The maximum atomic E-state index is 12.5. The molecule has 2 heterocycles. The van der Waals surface area contributed by atoms with Crippen molar-refractivity contribution in [3.8, 4) is 0 Å². The van der Waals surface area contributed by atoms with Crippen molar-refractivity contribution >= 4 is 11.7 Å². The van der Waals surface area contributed by atoms with Crippen molar-refractivity contribution in [2.45, 2.75) is 52.1 Å². The molecule has 144 valence electrons. The number of aromatic nitrogens is 1. The van der Waals surface area contributed by atoms with E-state index in [1.165, 1.54) is 16.7 Å². The highest BCUT2D eigenvalue weighted by Gasteiger charge is 2.21. The average molecular weight is 367 g/mol. The van der Waals surface area contributed by atoms with Crippen LogP contribution in [-0.4, -0.2) is 35.0 Å². The fourth-order valence-electron chi connectivity index (χ4n) is 3.76. The van der Waals surface area contributed by atoms with Gasteiger partial charge in [-0.05, 0) is 67.1 Å². The summed E-state index contributed by atoms with van der Waals surface area (Å²) in [4.78, 5) is 19.0. The van der Waals surface area contributed by atoms with Gasteiger partial charge in [0.1, 0.15) is 0 Å². The van der Waals surface area contributed by atoms with Gasteiger partial charge < -0.3 is 10.6 Å². The quantitative estimate of drug-likeness (QED) is 0.829. The van der Waals surface area contributed by atoms with Crippen LogP contribution < -0.4 is 10.6 Å². The van der Waals surface area contributed by atoms with Crippen LogP contribution in [0.15, 0.2) is 42.7 Å². The van der Waals surface area contributed by atoms with Crippen molar-refractivity contribution in [3.05, 3.63) is 59.4 Å². The lowest BCUT2D eigenvalue weighted by Gasteiger charge is -2.33. The number of anilines is 1. The molecule has 0 spiro atoms. The van der Waals surface area contributed by atoms with Crippen molar-refractivity contribution in [1.82, 2.24) is 15.2 Å². The minimum Gasteiger partial charge on any atom is -0.334 e. The number of pyridine rings is 1. The zero-order chi connectivity index (χ0) is 19.2. The van der Waals surface area contributed by atoms with Gasteiger partial charge in [0.05, 0.1) is 0 Å². The molecule has 3 rings (SSSR count). The van der Waals surface area contributed by atoms with Crippen LogP contribution in [0.3, 0.4) is 0 Å². The molecule has 1 atom stereocenters. The lowest BCUT2D eigenvalue weighted by molar-refractivity contribution is 0.183. The summed E-state index contributed by atoms with van der Waals surface area (Å²) in [6.45, 7) is 9.26. The molecule has 2 N–H and O–H groups in total. The number of carbonyl (C=O) groups is 1. The number of piperidine rings is 1. The second kappa shape index (κ2) is 9.00. The van der Waals surface area contributed by atoms with Crippen molar-refractivity contribution in [2.24, 2.45) is 0 Å². The predicted molar refractivity (Wildman–Crippen MR) is 110 cm³/mol. The van der Waals surface area contributed by atoms with Crippen LogP contribution >= 0.6 is 0 Å². The first-order valence-corrected chi connectivity index (χ1v) is 9.80. The fourth-order valence-corrected chi connectivity index (χ4v) is 3.76. The van der Waals surface area contributed by atoms with Gasteiger partial charge in [0.25, 0.3) is 0 Å². The third-order valence-electron chi connectivity index (χ3n) is 5.13. The van der Waals surface area contributed by atoms with Crippen LogP contribution in [0.5, 0.6) is 0 Å². The largest absolute Gasteiger partial charge is 0.334 e. The average Bonchev–Trinajstić information content (AvgIpc) is 2.64. The van der Waals surface area contributed by atoms with Gasteiger partial charge in [0, 0.05) is 37.2 Å². The Morgan fingerprint density at radius 3 is 2.93 bits per heavy atom. The lowest BCUT2D eigenvalue weighted by Crippen LogP contribution is -2.48. The van der Waals surface area contributed by atoms with Gasteiger partial charge >= 0.3 is 6.03 Å². The smallest absolute Gasteiger partial charge is 0.319 e. The van der Waals surface area contributed by atoms with Crippen LogP contribution in [0.25, 0.3) is 0 Å². The number of nitrogens with one attached hydrogen (secondary N) is 2. The summed E-state index contributed by atoms with van der Waals surface area (Å²) in [6, 6.07) is 10.2. The van der Waals surface area contributed by atoms with E-state index in [1.807, 2.05) is 18.3 Å². The van der Waals surface area contributed by atoms with E-state index in [4.69, 9.17) is 0 Å². The minimum absolute atomic E-state index is 0.123. The minimum atomic E-state index is -0.123. The number of hydrogen-bond acceptors (Lipinski definition) is 3. The summed E-state index contributed by atoms with van der Waals surface area (Å²) in [5, 5.41) is 6.14. The van der Waals surface area contributed by atoms with Crippen LogP contribution in [0, 0.1) is 6.92 Å². The van der Waals surface area contributed by atoms with Crippen LogP contribution in [0.1, 0.15) is 49.3 Å². The van der Waals surface area contributed by atoms with Crippen molar-refractivity contribution in [1.29, 1.82) is 0 Å². The number of urea groups is 1. The Morgan fingerprint density at radius 2 is 2.19 bits per heavy atom. The second-order valence-electron chi connectivity index (χ2n) is 7.76. The topological polar surface area (TPSA) is 57.3 Å². The standard InChI is InChI=1S/C22H30N4O/c1-16(2)21-12-19(9-8-17(21)3)24-22(27)25-20-7-5-11-26(15-20)14-18-6-4-10-23-13-18/h4,6,8-10,12-13,16,20H,5,7,11,14-15H2,1-3H3,(H2,24,25,27)/t20-/m0/s1. The molecule has 1 saturated heterocycles. The molecule has 5 nitrogen and oxygen atoms in total. The number of carbonyl (C=O) groups excluding carboxylic acids is 1. The molecule has 0 unspecified atom stereocenters. The first-order valence-electron chi connectivity index (χ1n) is 9.80. The van der Waals surface area contributed by atoms with Gasteiger partial charge in [0.15, 0.2) is 0 Å². The molecule has 27 heavy (non-hydrogen) atoms. The number of rotatable bonds is 5. The van der Waals surface area contributed by atoms with E-state index < -0.39 is 0 Å². The fraction of sp³-hybridized carbons (Fsp3) is 0.455. The number of amides is 2. The van der Waals surface area contributed by atoms with Crippen molar-refractivity contribution in [3.63, 3.8) is 0 Å². The molecule has 5 heteroatoms. The van der Waals surface area contributed by atoms with E-state index in [1.54, 1.807) is 6.20 Å². The molecule has 1 aliphatic rings. The van der Waals surface area contributed by atoms with Crippen LogP contribution in [0.4, 0.5) is 10.5 Å². The van der Waals surface area contributed by atoms with Gasteiger partial charge in [-0.15, -0.1) is 0 Å². The molecule has 1 aliphatic heterocycles. The lowest BCUT2D eigenvalue weighted by atomic mass is 9.97. The Bertz CT molecular complexity index is 760. The van der Waals surface area contributed by atoms with Gasteiger partial charge in [-0.2, -0.15) is 0 Å². The predicted octanol–water partition coefficient (Wildman–Crippen LogP) is 4.30. The highest BCUT2D eigenvalue weighted by Crippen LogP contribution is 2.23. The molecule has 0 saturated carbocycles. The number of nitrogens with zero attached hydrogens (tertiary/aromatic N) is 2. The first-order chi connectivity index (χ1) is 13.0. The van der Waals surface area contributed by atoms with Crippen LogP contribution in [-0.2, 0) is 6.54 Å². The third kappa shape index (κ3) is 5.54.